The number of carbonyl (C=O) groups excluding carboxylic acids is 1. The van der Waals surface area contributed by atoms with Crippen LogP contribution >= 0.6 is 11.6 Å². The number of hydrogen-bond donors (Lipinski definition) is 3. The molecule has 7 nitrogen and oxygen atoms in total. The fraction of sp³-hybridized carbons (Fsp3) is 0.615. The molecule has 0 aromatic carbocycles. The minimum Gasteiger partial charge on any atom is -0.367 e. The second-order valence-electron chi connectivity index (χ2n) is 5.63. The molecule has 1 saturated heterocycles. The van der Waals surface area contributed by atoms with Gasteiger partial charge in [-0.25, -0.2) is 9.89 Å². The van der Waals surface area contributed by atoms with Crippen LogP contribution in [0.5, 0.6) is 0 Å². The third-order valence-corrected chi connectivity index (χ3v) is 4.25. The number of urea groups is 1. The lowest BCUT2D eigenvalue weighted by atomic mass is 10.3. The van der Waals surface area contributed by atoms with Gasteiger partial charge in [0.1, 0.15) is 5.02 Å². The van der Waals surface area contributed by atoms with Crippen molar-refractivity contribution in [2.24, 2.45) is 5.92 Å². The van der Waals surface area contributed by atoms with E-state index in [0.717, 1.165) is 19.5 Å². The molecule has 21 heavy (non-hydrogen) atoms. The number of rotatable bonds is 4. The lowest BCUT2D eigenvalue weighted by molar-refractivity contribution is 0.237. The number of nitrogens with zero attached hydrogens (tertiary/aromatic N) is 2. The molecular weight excluding hydrogens is 294 g/mol. The van der Waals surface area contributed by atoms with Crippen molar-refractivity contribution in [3.8, 4) is 0 Å². The number of anilines is 1. The SMILES string of the molecule is O=C(NCC1CC1)N[C@@H]1CCN(c2cn[nH]c(=O)c2Cl)C1. The van der Waals surface area contributed by atoms with Crippen molar-refractivity contribution >= 4 is 23.3 Å². The van der Waals surface area contributed by atoms with Gasteiger partial charge in [-0.05, 0) is 25.2 Å². The molecule has 0 radical (unpaired) electrons. The summed E-state index contributed by atoms with van der Waals surface area (Å²) < 4.78 is 0. The van der Waals surface area contributed by atoms with E-state index in [4.69, 9.17) is 11.6 Å². The van der Waals surface area contributed by atoms with Gasteiger partial charge in [-0.3, -0.25) is 4.79 Å². The van der Waals surface area contributed by atoms with E-state index in [1.165, 1.54) is 12.8 Å². The predicted molar refractivity (Wildman–Crippen MR) is 79.7 cm³/mol. The van der Waals surface area contributed by atoms with Gasteiger partial charge in [-0.2, -0.15) is 5.10 Å². The normalized spacial score (nSPS) is 21.4. The highest BCUT2D eigenvalue weighted by Crippen LogP contribution is 2.27. The summed E-state index contributed by atoms with van der Waals surface area (Å²) in [6, 6.07) is -0.0663. The van der Waals surface area contributed by atoms with Crippen LogP contribution in [0.4, 0.5) is 10.5 Å². The summed E-state index contributed by atoms with van der Waals surface area (Å²) in [5.74, 6) is 0.664. The van der Waals surface area contributed by atoms with Crippen LogP contribution in [0, 0.1) is 5.92 Å². The molecule has 3 N–H and O–H groups in total. The Labute approximate surface area is 127 Å². The largest absolute Gasteiger partial charge is 0.367 e. The molecule has 1 atom stereocenters. The maximum atomic E-state index is 11.8. The summed E-state index contributed by atoms with van der Waals surface area (Å²) in [7, 11) is 0. The molecule has 3 rings (SSSR count). The maximum Gasteiger partial charge on any atom is 0.315 e. The summed E-state index contributed by atoms with van der Waals surface area (Å²) >= 11 is 5.99. The number of carbonyl (C=O) groups is 1. The van der Waals surface area contributed by atoms with Crippen molar-refractivity contribution in [1.82, 2.24) is 20.8 Å². The second-order valence-corrected chi connectivity index (χ2v) is 6.01. The number of aromatic amines is 1. The van der Waals surface area contributed by atoms with Gasteiger partial charge in [-0.15, -0.1) is 0 Å². The molecule has 1 aromatic heterocycles. The van der Waals surface area contributed by atoms with Gasteiger partial charge in [0.15, 0.2) is 0 Å². The van der Waals surface area contributed by atoms with Gasteiger partial charge in [0.25, 0.3) is 5.56 Å². The minimum absolute atomic E-state index is 0.0551. The maximum absolute atomic E-state index is 11.8. The molecule has 1 aromatic rings. The highest BCUT2D eigenvalue weighted by Gasteiger charge is 2.27. The van der Waals surface area contributed by atoms with E-state index < -0.39 is 5.56 Å². The predicted octanol–water partition coefficient (Wildman–Crippen LogP) is 0.711. The van der Waals surface area contributed by atoms with Crippen molar-refractivity contribution in [2.45, 2.75) is 25.3 Å². The molecule has 8 heteroatoms. The van der Waals surface area contributed by atoms with Crippen LogP contribution in [0.2, 0.25) is 5.02 Å². The molecule has 0 spiro atoms. The van der Waals surface area contributed by atoms with E-state index in [9.17, 15) is 9.59 Å². The van der Waals surface area contributed by atoms with Crippen LogP contribution in [0.25, 0.3) is 0 Å². The van der Waals surface area contributed by atoms with E-state index in [-0.39, 0.29) is 17.1 Å². The summed E-state index contributed by atoms with van der Waals surface area (Å²) in [6.07, 6.45) is 4.79. The number of amides is 2. The molecule has 1 aliphatic heterocycles. The van der Waals surface area contributed by atoms with Gasteiger partial charge in [0.05, 0.1) is 11.9 Å². The van der Waals surface area contributed by atoms with E-state index >= 15 is 0 Å². The molecule has 2 aliphatic rings. The molecule has 0 unspecified atom stereocenters. The van der Waals surface area contributed by atoms with Gasteiger partial charge < -0.3 is 15.5 Å². The summed E-state index contributed by atoms with van der Waals surface area (Å²) in [5, 5.41) is 12.0. The van der Waals surface area contributed by atoms with Crippen LogP contribution in [0.3, 0.4) is 0 Å². The van der Waals surface area contributed by atoms with Crippen molar-refractivity contribution in [1.29, 1.82) is 0 Å². The fourth-order valence-electron chi connectivity index (χ4n) is 2.49. The minimum atomic E-state index is -0.396. The zero-order chi connectivity index (χ0) is 14.8. The lowest BCUT2D eigenvalue weighted by Gasteiger charge is -2.19. The average molecular weight is 312 g/mol. The standard InChI is InChI=1S/C13H18ClN5O2/c14-11-10(6-16-18-12(11)20)19-4-3-9(7-19)17-13(21)15-5-8-1-2-8/h6,8-9H,1-5,7H2,(H,18,20)(H2,15,17,21)/t9-/m1/s1. The Morgan fingerprint density at radius 1 is 1.48 bits per heavy atom. The van der Waals surface area contributed by atoms with E-state index in [1.807, 2.05) is 4.90 Å². The van der Waals surface area contributed by atoms with Crippen molar-refractivity contribution in [2.75, 3.05) is 24.5 Å². The van der Waals surface area contributed by atoms with Crippen molar-refractivity contribution in [3.05, 3.63) is 21.6 Å². The first-order chi connectivity index (χ1) is 10.1. The molecule has 1 aliphatic carbocycles. The van der Waals surface area contributed by atoms with Crippen LogP contribution in [-0.4, -0.2) is 41.9 Å². The Morgan fingerprint density at radius 2 is 2.29 bits per heavy atom. The molecule has 0 bridgehead atoms. The van der Waals surface area contributed by atoms with Crippen molar-refractivity contribution in [3.63, 3.8) is 0 Å². The fourth-order valence-corrected chi connectivity index (χ4v) is 2.70. The summed E-state index contributed by atoms with van der Waals surface area (Å²) in [4.78, 5) is 25.2. The summed E-state index contributed by atoms with van der Waals surface area (Å²) in [6.45, 7) is 2.12. The quantitative estimate of drug-likeness (QED) is 0.764. The average Bonchev–Trinajstić information content (AvgIpc) is 3.19. The smallest absolute Gasteiger partial charge is 0.315 e. The first kappa shape index (κ1) is 14.2. The summed E-state index contributed by atoms with van der Waals surface area (Å²) in [5.41, 5.74) is 0.218. The highest BCUT2D eigenvalue weighted by molar-refractivity contribution is 6.33. The van der Waals surface area contributed by atoms with Gasteiger partial charge >= 0.3 is 6.03 Å². The molecule has 114 valence electrons. The van der Waals surface area contributed by atoms with Crippen LogP contribution < -0.4 is 21.1 Å². The van der Waals surface area contributed by atoms with Gasteiger partial charge in [0.2, 0.25) is 0 Å². The molecule has 2 amide bonds. The van der Waals surface area contributed by atoms with Gasteiger partial charge in [0, 0.05) is 25.7 Å². The molecular formula is C13H18ClN5O2. The van der Waals surface area contributed by atoms with E-state index in [1.54, 1.807) is 6.20 Å². The Morgan fingerprint density at radius 3 is 3.05 bits per heavy atom. The number of nitrogens with one attached hydrogen (secondary N) is 3. The Kier molecular flexibility index (Phi) is 4.01. The number of aromatic nitrogens is 2. The number of hydrogen-bond acceptors (Lipinski definition) is 4. The first-order valence-electron chi connectivity index (χ1n) is 7.16. The van der Waals surface area contributed by atoms with E-state index in [0.29, 0.717) is 18.2 Å². The number of H-pyrrole nitrogens is 1. The Balaban J connectivity index is 1.53. The third-order valence-electron chi connectivity index (χ3n) is 3.89. The van der Waals surface area contributed by atoms with Gasteiger partial charge in [-0.1, -0.05) is 11.6 Å². The first-order valence-corrected chi connectivity index (χ1v) is 7.54. The number of halogens is 1. The Hall–Kier alpha value is -1.76. The molecule has 1 saturated carbocycles. The second kappa shape index (κ2) is 5.93. The van der Waals surface area contributed by atoms with Crippen LogP contribution in [0.15, 0.2) is 11.0 Å². The zero-order valence-electron chi connectivity index (χ0n) is 11.6. The van der Waals surface area contributed by atoms with Crippen molar-refractivity contribution < 1.29 is 4.79 Å². The Bertz CT molecular complexity index is 586. The molecule has 2 heterocycles. The lowest BCUT2D eigenvalue weighted by Crippen LogP contribution is -2.44. The monoisotopic (exact) mass is 311 g/mol. The van der Waals surface area contributed by atoms with Crippen LogP contribution in [0.1, 0.15) is 19.3 Å². The zero-order valence-corrected chi connectivity index (χ0v) is 12.3. The molecule has 2 fully saturated rings. The highest BCUT2D eigenvalue weighted by atomic mass is 35.5. The topological polar surface area (TPSA) is 90.1 Å². The van der Waals surface area contributed by atoms with Crippen LogP contribution in [-0.2, 0) is 0 Å². The van der Waals surface area contributed by atoms with E-state index in [2.05, 4.69) is 20.8 Å². The third kappa shape index (κ3) is 3.47.